The number of amides is 3. The van der Waals surface area contributed by atoms with Gasteiger partial charge in [-0.1, -0.05) is 91.0 Å². The molecule has 1 saturated heterocycles. The van der Waals surface area contributed by atoms with Crippen LogP contribution in [0.2, 0.25) is 0 Å². The number of aryl methyl sites for hydroxylation is 1. The van der Waals surface area contributed by atoms with Crippen LogP contribution >= 0.6 is 12.6 Å². The molecule has 4 rings (SSSR count). The number of hydrogen-bond acceptors (Lipinski definition) is 4. The highest BCUT2D eigenvalue weighted by Gasteiger charge is 2.60. The van der Waals surface area contributed by atoms with Crippen molar-refractivity contribution in [1.29, 1.82) is 0 Å². The molecule has 7 heteroatoms. The Morgan fingerprint density at radius 2 is 1.33 bits per heavy atom. The number of nitrogens with zero attached hydrogens (tertiary/aromatic N) is 2. The molecule has 0 saturated carbocycles. The van der Waals surface area contributed by atoms with Crippen molar-refractivity contribution in [2.45, 2.75) is 23.8 Å². The number of carboxylic acid groups (broad SMARTS) is 1. The first-order valence-corrected chi connectivity index (χ1v) is 11.2. The molecule has 1 aliphatic rings. The van der Waals surface area contributed by atoms with E-state index in [9.17, 15) is 19.5 Å². The summed E-state index contributed by atoms with van der Waals surface area (Å²) in [5, 5.41) is 8.93. The summed E-state index contributed by atoms with van der Waals surface area (Å²) in [5.41, 5.74) is 0.533. The minimum Gasteiger partial charge on any atom is -0.480 e. The van der Waals surface area contributed by atoms with Crippen molar-refractivity contribution in [3.8, 4) is 0 Å². The van der Waals surface area contributed by atoms with Crippen LogP contribution in [0, 0.1) is 0 Å². The topological polar surface area (TPSA) is 77.9 Å². The third-order valence-corrected chi connectivity index (χ3v) is 6.37. The predicted octanol–water partition coefficient (Wildman–Crippen LogP) is 4.17. The Morgan fingerprint density at radius 1 is 0.848 bits per heavy atom. The Kier molecular flexibility index (Phi) is 6.51. The zero-order valence-corrected chi connectivity index (χ0v) is 18.8. The van der Waals surface area contributed by atoms with Crippen molar-refractivity contribution in [3.05, 3.63) is 108 Å². The van der Waals surface area contributed by atoms with Gasteiger partial charge in [0.25, 0.3) is 5.91 Å². The molecule has 1 atom stereocenters. The highest BCUT2D eigenvalue weighted by atomic mass is 32.1. The zero-order chi connectivity index (χ0) is 23.4. The molecule has 3 aromatic rings. The number of carboxylic acids is 1. The van der Waals surface area contributed by atoms with Gasteiger partial charge < -0.3 is 5.11 Å². The minimum atomic E-state index is -1.59. The van der Waals surface area contributed by atoms with E-state index >= 15 is 0 Å². The normalized spacial score (nSPS) is 16.2. The van der Waals surface area contributed by atoms with Gasteiger partial charge in [0.05, 0.1) is 5.37 Å². The van der Waals surface area contributed by atoms with Gasteiger partial charge in [0.15, 0.2) is 5.54 Å². The summed E-state index contributed by atoms with van der Waals surface area (Å²) in [6.07, 6.45) is 1.06. The van der Waals surface area contributed by atoms with Crippen molar-refractivity contribution in [2.24, 2.45) is 0 Å². The number of imide groups is 1. The van der Waals surface area contributed by atoms with Gasteiger partial charge in [-0.3, -0.25) is 14.5 Å². The maximum atomic E-state index is 14.1. The fourth-order valence-corrected chi connectivity index (χ4v) is 4.72. The van der Waals surface area contributed by atoms with E-state index in [1.54, 1.807) is 48.5 Å². The summed E-state index contributed by atoms with van der Waals surface area (Å²) in [5.74, 6) is -1.70. The summed E-state index contributed by atoms with van der Waals surface area (Å²) in [6, 6.07) is 26.7. The van der Waals surface area contributed by atoms with Gasteiger partial charge in [-0.2, -0.15) is 12.6 Å². The molecule has 0 radical (unpaired) electrons. The maximum Gasteiger partial charge on any atom is 0.329 e. The molecule has 6 nitrogen and oxygen atoms in total. The van der Waals surface area contributed by atoms with Crippen LogP contribution < -0.4 is 0 Å². The molecular weight excluding hydrogens is 436 g/mol. The number of thiol groups is 1. The van der Waals surface area contributed by atoms with Crippen molar-refractivity contribution < 1.29 is 19.5 Å². The lowest BCUT2D eigenvalue weighted by molar-refractivity contribution is -0.139. The molecule has 1 unspecified atom stereocenters. The van der Waals surface area contributed by atoms with E-state index in [0.29, 0.717) is 24.0 Å². The number of carbonyl (C=O) groups excluding carboxylic acids is 2. The highest BCUT2D eigenvalue weighted by Crippen LogP contribution is 2.44. The second kappa shape index (κ2) is 9.50. The van der Waals surface area contributed by atoms with Crippen molar-refractivity contribution in [1.82, 2.24) is 9.80 Å². The lowest BCUT2D eigenvalue weighted by atomic mass is 9.81. The van der Waals surface area contributed by atoms with Gasteiger partial charge in [0, 0.05) is 0 Å². The molecule has 1 heterocycles. The van der Waals surface area contributed by atoms with Crippen LogP contribution in [-0.4, -0.2) is 44.7 Å². The third-order valence-electron chi connectivity index (χ3n) is 5.88. The van der Waals surface area contributed by atoms with Gasteiger partial charge in [-0.25, -0.2) is 9.69 Å². The molecule has 0 aromatic heterocycles. The Hall–Kier alpha value is -3.58. The highest BCUT2D eigenvalue weighted by molar-refractivity contribution is 7.80. The van der Waals surface area contributed by atoms with E-state index in [1.807, 2.05) is 42.5 Å². The molecule has 0 bridgehead atoms. The first kappa shape index (κ1) is 22.6. The fraction of sp³-hybridized carbons (Fsp3) is 0.192. The minimum absolute atomic E-state index is 0.436. The zero-order valence-electron chi connectivity index (χ0n) is 17.9. The van der Waals surface area contributed by atoms with Gasteiger partial charge >= 0.3 is 12.0 Å². The van der Waals surface area contributed by atoms with Crippen LogP contribution in [0.25, 0.3) is 0 Å². The predicted molar refractivity (Wildman–Crippen MR) is 128 cm³/mol. The molecule has 3 aromatic carbocycles. The second-order valence-electron chi connectivity index (χ2n) is 7.88. The monoisotopic (exact) mass is 460 g/mol. The summed E-state index contributed by atoms with van der Waals surface area (Å²) >= 11 is 4.62. The smallest absolute Gasteiger partial charge is 0.329 e. The average Bonchev–Trinajstić information content (AvgIpc) is 3.05. The summed E-state index contributed by atoms with van der Waals surface area (Å²) < 4.78 is 0. The number of carbonyl (C=O) groups is 3. The number of hydrogen-bond donors (Lipinski definition) is 2. The average molecular weight is 461 g/mol. The number of urea groups is 1. The van der Waals surface area contributed by atoms with Crippen LogP contribution in [0.15, 0.2) is 91.0 Å². The van der Waals surface area contributed by atoms with Crippen LogP contribution in [0.4, 0.5) is 4.79 Å². The quantitative estimate of drug-likeness (QED) is 0.391. The van der Waals surface area contributed by atoms with Gasteiger partial charge in [-0.15, -0.1) is 0 Å². The molecule has 3 amide bonds. The van der Waals surface area contributed by atoms with E-state index in [-0.39, 0.29) is 0 Å². The van der Waals surface area contributed by atoms with E-state index < -0.39 is 35.4 Å². The molecule has 33 heavy (non-hydrogen) atoms. The maximum absolute atomic E-state index is 14.1. The van der Waals surface area contributed by atoms with E-state index in [1.165, 1.54) is 0 Å². The van der Waals surface area contributed by atoms with Crippen molar-refractivity contribution >= 4 is 30.5 Å². The molecule has 1 N–H and O–H groups in total. The first-order chi connectivity index (χ1) is 16.0. The van der Waals surface area contributed by atoms with Crippen LogP contribution in [0.3, 0.4) is 0 Å². The summed E-state index contributed by atoms with van der Waals surface area (Å²) in [7, 11) is 0. The number of rotatable bonds is 8. The lowest BCUT2D eigenvalue weighted by Gasteiger charge is -2.35. The Morgan fingerprint density at radius 3 is 1.82 bits per heavy atom. The Bertz CT molecular complexity index is 1100. The van der Waals surface area contributed by atoms with E-state index in [2.05, 4.69) is 12.6 Å². The Balaban J connectivity index is 1.80. The molecule has 168 valence electrons. The standard InChI is InChI=1S/C26H24N2O4S/c29-23(30)18-27-25(32)28(22(33)17-16-19-10-4-1-5-11-19)24(31)26(27,20-12-6-2-7-13-20)21-14-8-3-9-15-21/h1-15,22,33H,16-18H2,(H,29,30). The molecule has 1 aliphatic heterocycles. The van der Waals surface area contributed by atoms with Crippen molar-refractivity contribution in [2.75, 3.05) is 6.54 Å². The third kappa shape index (κ3) is 4.12. The first-order valence-electron chi connectivity index (χ1n) is 10.7. The summed E-state index contributed by atoms with van der Waals surface area (Å²) in [6.45, 7) is -0.621. The molecule has 0 spiro atoms. The lowest BCUT2D eigenvalue weighted by Crippen LogP contribution is -2.49. The van der Waals surface area contributed by atoms with E-state index in [4.69, 9.17) is 0 Å². The largest absolute Gasteiger partial charge is 0.480 e. The second-order valence-corrected chi connectivity index (χ2v) is 8.48. The SMILES string of the molecule is O=C(O)CN1C(=O)N(C(S)CCc2ccccc2)C(=O)C1(c1ccccc1)c1ccccc1. The Labute approximate surface area is 197 Å². The number of benzene rings is 3. The summed E-state index contributed by atoms with van der Waals surface area (Å²) in [4.78, 5) is 41.7. The van der Waals surface area contributed by atoms with Gasteiger partial charge in [0.1, 0.15) is 6.54 Å². The molecule has 0 aliphatic carbocycles. The van der Waals surface area contributed by atoms with Gasteiger partial charge in [-0.05, 0) is 29.5 Å². The van der Waals surface area contributed by atoms with Crippen LogP contribution in [0.1, 0.15) is 23.1 Å². The van der Waals surface area contributed by atoms with Crippen molar-refractivity contribution in [3.63, 3.8) is 0 Å². The molecular formula is C26H24N2O4S. The number of aliphatic carboxylic acids is 1. The van der Waals surface area contributed by atoms with Gasteiger partial charge in [0.2, 0.25) is 0 Å². The molecule has 1 fully saturated rings. The fourth-order valence-electron chi connectivity index (χ4n) is 4.39. The van der Waals surface area contributed by atoms with Crippen LogP contribution in [0.5, 0.6) is 0 Å². The van der Waals surface area contributed by atoms with Crippen LogP contribution in [-0.2, 0) is 21.5 Å². The van der Waals surface area contributed by atoms with E-state index in [0.717, 1.165) is 15.4 Å².